The van der Waals surface area contributed by atoms with Gasteiger partial charge in [-0.3, -0.25) is 9.10 Å². The van der Waals surface area contributed by atoms with Crippen molar-refractivity contribution in [3.05, 3.63) is 83.6 Å². The van der Waals surface area contributed by atoms with Crippen molar-refractivity contribution in [1.82, 2.24) is 0 Å². The number of nitrogens with zero attached hydrogens (tertiary/aromatic N) is 1. The Morgan fingerprint density at radius 2 is 1.71 bits per heavy atom. The fraction of sp³-hybridized carbons (Fsp3) is 0.136. The summed E-state index contributed by atoms with van der Waals surface area (Å²) < 4.78 is 45.3. The Hall–Kier alpha value is -3.10. The lowest BCUT2D eigenvalue weighted by molar-refractivity contribution is -0.122. The summed E-state index contributed by atoms with van der Waals surface area (Å²) in [6, 6.07) is 18.1. The van der Waals surface area contributed by atoms with Crippen LogP contribution >= 0.6 is 11.6 Å². The number of halogens is 2. The van der Waals surface area contributed by atoms with E-state index in [0.29, 0.717) is 11.4 Å². The van der Waals surface area contributed by atoms with E-state index in [4.69, 9.17) is 16.3 Å². The summed E-state index contributed by atoms with van der Waals surface area (Å²) in [5.41, 5.74) is 0.706. The number of sulfonamides is 1. The molecule has 0 saturated heterocycles. The number of carbonyl (C=O) groups excluding carboxylic acids is 1. The van der Waals surface area contributed by atoms with E-state index >= 15 is 0 Å². The van der Waals surface area contributed by atoms with Crippen LogP contribution in [0.3, 0.4) is 0 Å². The molecule has 0 saturated carbocycles. The van der Waals surface area contributed by atoms with Crippen molar-refractivity contribution in [2.24, 2.45) is 0 Å². The molecule has 0 aliphatic carbocycles. The van der Waals surface area contributed by atoms with Crippen molar-refractivity contribution in [2.75, 3.05) is 16.7 Å². The number of hydrogen-bond donors (Lipinski definition) is 1. The maximum absolute atomic E-state index is 13.1. The van der Waals surface area contributed by atoms with Gasteiger partial charge in [0.25, 0.3) is 15.9 Å². The van der Waals surface area contributed by atoms with E-state index in [0.717, 1.165) is 6.07 Å². The Labute approximate surface area is 185 Å². The molecule has 162 valence electrons. The summed E-state index contributed by atoms with van der Waals surface area (Å²) in [7, 11) is -2.23. The summed E-state index contributed by atoms with van der Waals surface area (Å²) in [6.07, 6.45) is -0.877. The van der Waals surface area contributed by atoms with E-state index in [1.54, 1.807) is 49.4 Å². The van der Waals surface area contributed by atoms with Crippen LogP contribution in [0.25, 0.3) is 0 Å². The Morgan fingerprint density at radius 1 is 1.06 bits per heavy atom. The van der Waals surface area contributed by atoms with Gasteiger partial charge in [-0.2, -0.15) is 0 Å². The molecule has 0 heterocycles. The monoisotopic (exact) mass is 462 g/mol. The molecular formula is C22H20ClFN2O4S. The SMILES string of the molecule is C[C@H](Oc1ccc(N(C)S(=O)(=O)c2ccccc2)cc1)C(=O)Nc1ccc(F)cc1Cl. The van der Waals surface area contributed by atoms with Crippen molar-refractivity contribution < 1.29 is 22.3 Å². The first kappa shape index (κ1) is 22.6. The van der Waals surface area contributed by atoms with Crippen LogP contribution in [0.15, 0.2) is 77.7 Å². The van der Waals surface area contributed by atoms with Crippen LogP contribution in [0.2, 0.25) is 5.02 Å². The van der Waals surface area contributed by atoms with Crippen LogP contribution in [0.4, 0.5) is 15.8 Å². The standard InChI is InChI=1S/C22H20ClFN2O4S/c1-15(22(27)25-21-13-8-16(24)14-20(21)23)30-18-11-9-17(10-12-18)26(2)31(28,29)19-6-4-3-5-7-19/h3-15H,1-2H3,(H,25,27)/t15-/m0/s1. The van der Waals surface area contributed by atoms with Gasteiger partial charge in [0, 0.05) is 7.05 Å². The molecule has 0 fully saturated rings. The molecular weight excluding hydrogens is 443 g/mol. The average Bonchev–Trinajstić information content (AvgIpc) is 2.76. The van der Waals surface area contributed by atoms with Crippen molar-refractivity contribution in [2.45, 2.75) is 17.9 Å². The van der Waals surface area contributed by atoms with Crippen molar-refractivity contribution in [3.63, 3.8) is 0 Å². The zero-order chi connectivity index (χ0) is 22.6. The highest BCUT2D eigenvalue weighted by Gasteiger charge is 2.21. The number of benzene rings is 3. The van der Waals surface area contributed by atoms with Crippen molar-refractivity contribution >= 4 is 38.9 Å². The Balaban J connectivity index is 1.66. The predicted octanol–water partition coefficient (Wildman–Crippen LogP) is 4.71. The lowest BCUT2D eigenvalue weighted by Gasteiger charge is -2.20. The van der Waals surface area contributed by atoms with E-state index in [-0.39, 0.29) is 15.6 Å². The van der Waals surface area contributed by atoms with Gasteiger partial charge in [0.05, 0.1) is 21.3 Å². The molecule has 6 nitrogen and oxygen atoms in total. The van der Waals surface area contributed by atoms with Crippen LogP contribution in [0, 0.1) is 5.82 Å². The molecule has 0 aromatic heterocycles. The molecule has 0 spiro atoms. The normalized spacial score (nSPS) is 12.1. The molecule has 0 aliphatic rings. The highest BCUT2D eigenvalue weighted by atomic mass is 35.5. The summed E-state index contributed by atoms with van der Waals surface area (Å²) in [6.45, 7) is 1.55. The molecule has 0 aliphatic heterocycles. The van der Waals surface area contributed by atoms with Crippen LogP contribution in [0.5, 0.6) is 5.75 Å². The van der Waals surface area contributed by atoms with E-state index in [1.807, 2.05) is 0 Å². The zero-order valence-corrected chi connectivity index (χ0v) is 18.3. The average molecular weight is 463 g/mol. The number of hydrogen-bond acceptors (Lipinski definition) is 4. The summed E-state index contributed by atoms with van der Waals surface area (Å²) >= 11 is 5.92. The smallest absolute Gasteiger partial charge is 0.265 e. The molecule has 0 bridgehead atoms. The number of rotatable bonds is 7. The lowest BCUT2D eigenvalue weighted by Crippen LogP contribution is -2.30. The lowest BCUT2D eigenvalue weighted by atomic mass is 10.2. The van der Waals surface area contributed by atoms with Gasteiger partial charge >= 0.3 is 0 Å². The van der Waals surface area contributed by atoms with Crippen LogP contribution in [0.1, 0.15) is 6.92 Å². The molecule has 0 unspecified atom stereocenters. The van der Waals surface area contributed by atoms with Gasteiger partial charge in [0.2, 0.25) is 0 Å². The van der Waals surface area contributed by atoms with Crippen molar-refractivity contribution in [1.29, 1.82) is 0 Å². The predicted molar refractivity (Wildman–Crippen MR) is 119 cm³/mol. The third-order valence-corrected chi connectivity index (χ3v) is 6.59. The zero-order valence-electron chi connectivity index (χ0n) is 16.7. The van der Waals surface area contributed by atoms with E-state index in [1.165, 1.54) is 35.6 Å². The van der Waals surface area contributed by atoms with Gasteiger partial charge in [0.15, 0.2) is 6.10 Å². The molecule has 3 rings (SSSR count). The Bertz CT molecular complexity index is 1170. The molecule has 3 aromatic carbocycles. The fourth-order valence-corrected chi connectivity index (χ4v) is 4.14. The van der Waals surface area contributed by atoms with Crippen molar-refractivity contribution in [3.8, 4) is 5.75 Å². The molecule has 3 aromatic rings. The van der Waals surface area contributed by atoms with Gasteiger partial charge in [-0.25, -0.2) is 12.8 Å². The summed E-state index contributed by atoms with van der Waals surface area (Å²) in [5.74, 6) is -0.602. The largest absolute Gasteiger partial charge is 0.481 e. The molecule has 9 heteroatoms. The molecule has 31 heavy (non-hydrogen) atoms. The molecule has 1 atom stereocenters. The van der Waals surface area contributed by atoms with Crippen LogP contribution in [-0.4, -0.2) is 27.5 Å². The first-order valence-corrected chi connectivity index (χ1v) is 11.1. The van der Waals surface area contributed by atoms with Gasteiger partial charge in [-0.15, -0.1) is 0 Å². The second-order valence-corrected chi connectivity index (χ2v) is 9.03. The summed E-state index contributed by atoms with van der Waals surface area (Å²) in [4.78, 5) is 12.5. The number of amides is 1. The third kappa shape index (κ3) is 5.34. The van der Waals surface area contributed by atoms with Gasteiger partial charge in [-0.1, -0.05) is 29.8 Å². The second-order valence-electron chi connectivity index (χ2n) is 6.65. The maximum Gasteiger partial charge on any atom is 0.265 e. The first-order valence-electron chi connectivity index (χ1n) is 9.25. The van der Waals surface area contributed by atoms with Gasteiger partial charge in [-0.05, 0) is 61.5 Å². The Kier molecular flexibility index (Phi) is 6.82. The number of anilines is 2. The van der Waals surface area contributed by atoms with Gasteiger partial charge in [0.1, 0.15) is 11.6 Å². The summed E-state index contributed by atoms with van der Waals surface area (Å²) in [5, 5.41) is 2.65. The molecule has 1 N–H and O–H groups in total. The third-order valence-electron chi connectivity index (χ3n) is 4.47. The molecule has 1 amide bonds. The number of ether oxygens (including phenoxy) is 1. The number of carbonyl (C=O) groups is 1. The fourth-order valence-electron chi connectivity index (χ4n) is 2.71. The van der Waals surface area contributed by atoms with Crippen LogP contribution < -0.4 is 14.4 Å². The highest BCUT2D eigenvalue weighted by Crippen LogP contribution is 2.26. The minimum atomic E-state index is -3.69. The minimum Gasteiger partial charge on any atom is -0.481 e. The van der Waals surface area contributed by atoms with E-state index < -0.39 is 27.9 Å². The molecule has 0 radical (unpaired) electrons. The van der Waals surface area contributed by atoms with E-state index in [9.17, 15) is 17.6 Å². The number of nitrogens with one attached hydrogen (secondary N) is 1. The second kappa shape index (κ2) is 9.36. The van der Waals surface area contributed by atoms with E-state index in [2.05, 4.69) is 5.32 Å². The topological polar surface area (TPSA) is 75.7 Å². The maximum atomic E-state index is 13.1. The Morgan fingerprint density at radius 3 is 2.32 bits per heavy atom. The minimum absolute atomic E-state index is 0.0764. The highest BCUT2D eigenvalue weighted by molar-refractivity contribution is 7.92. The van der Waals surface area contributed by atoms with Gasteiger partial charge < -0.3 is 10.1 Å². The quantitative estimate of drug-likeness (QED) is 0.551. The van der Waals surface area contributed by atoms with Crippen LogP contribution in [-0.2, 0) is 14.8 Å². The first-order chi connectivity index (χ1) is 14.7.